The van der Waals surface area contributed by atoms with Crippen LogP contribution < -0.4 is 5.73 Å². The standard InChI is InChI=1S/C11H20N2S/c1-4-10(12)11(13(3)5-2)9-6-7-14-8-9/h6-8,10-11H,4-5,12H2,1-3H3. The minimum atomic E-state index is 0.231. The smallest absolute Gasteiger partial charge is 0.0504 e. The summed E-state index contributed by atoms with van der Waals surface area (Å²) in [6, 6.07) is 2.78. The predicted octanol–water partition coefficient (Wildman–Crippen LogP) is 2.48. The van der Waals surface area contributed by atoms with Gasteiger partial charge in [-0.1, -0.05) is 13.8 Å². The van der Waals surface area contributed by atoms with Crippen molar-refractivity contribution in [3.05, 3.63) is 22.4 Å². The Bertz CT molecular complexity index is 236. The van der Waals surface area contributed by atoms with E-state index in [-0.39, 0.29) is 6.04 Å². The first kappa shape index (κ1) is 11.7. The highest BCUT2D eigenvalue weighted by molar-refractivity contribution is 7.07. The van der Waals surface area contributed by atoms with E-state index < -0.39 is 0 Å². The van der Waals surface area contributed by atoms with Crippen molar-refractivity contribution in [1.82, 2.24) is 4.90 Å². The first-order chi connectivity index (χ1) is 6.70. The second-order valence-corrected chi connectivity index (χ2v) is 4.43. The van der Waals surface area contributed by atoms with Crippen LogP contribution in [0.4, 0.5) is 0 Å². The minimum absolute atomic E-state index is 0.231. The quantitative estimate of drug-likeness (QED) is 0.812. The maximum atomic E-state index is 6.15. The Hall–Kier alpha value is -0.380. The molecular weight excluding hydrogens is 192 g/mol. The van der Waals surface area contributed by atoms with Gasteiger partial charge in [0.1, 0.15) is 0 Å². The van der Waals surface area contributed by atoms with Gasteiger partial charge in [0.2, 0.25) is 0 Å². The van der Waals surface area contributed by atoms with Gasteiger partial charge < -0.3 is 5.73 Å². The van der Waals surface area contributed by atoms with E-state index in [2.05, 4.69) is 42.6 Å². The predicted molar refractivity (Wildman–Crippen MR) is 63.6 cm³/mol. The Morgan fingerprint density at radius 2 is 2.21 bits per heavy atom. The van der Waals surface area contributed by atoms with E-state index in [4.69, 9.17) is 5.73 Å². The topological polar surface area (TPSA) is 29.3 Å². The van der Waals surface area contributed by atoms with E-state index in [0.717, 1.165) is 13.0 Å². The van der Waals surface area contributed by atoms with Crippen LogP contribution in [-0.2, 0) is 0 Å². The monoisotopic (exact) mass is 212 g/mol. The molecule has 0 radical (unpaired) electrons. The molecule has 0 fully saturated rings. The van der Waals surface area contributed by atoms with Crippen molar-refractivity contribution in [3.63, 3.8) is 0 Å². The molecule has 14 heavy (non-hydrogen) atoms. The van der Waals surface area contributed by atoms with Crippen LogP contribution in [0.25, 0.3) is 0 Å². The van der Waals surface area contributed by atoms with Crippen LogP contribution in [0.2, 0.25) is 0 Å². The zero-order valence-corrected chi connectivity index (χ0v) is 10.1. The minimum Gasteiger partial charge on any atom is -0.326 e. The second-order valence-electron chi connectivity index (χ2n) is 3.65. The summed E-state index contributed by atoms with van der Waals surface area (Å²) in [7, 11) is 2.14. The summed E-state index contributed by atoms with van der Waals surface area (Å²) in [5.74, 6) is 0. The van der Waals surface area contributed by atoms with Gasteiger partial charge in [-0.15, -0.1) is 0 Å². The van der Waals surface area contributed by atoms with Crippen LogP contribution in [0.15, 0.2) is 16.8 Å². The Balaban J connectivity index is 2.82. The molecule has 0 amide bonds. The van der Waals surface area contributed by atoms with E-state index >= 15 is 0 Å². The summed E-state index contributed by atoms with van der Waals surface area (Å²) in [5.41, 5.74) is 7.50. The summed E-state index contributed by atoms with van der Waals surface area (Å²) in [6.07, 6.45) is 1.02. The molecule has 0 aliphatic rings. The molecule has 2 unspecified atom stereocenters. The Kier molecular flexibility index (Phi) is 4.58. The number of thiophene rings is 1. The van der Waals surface area contributed by atoms with Gasteiger partial charge in [-0.25, -0.2) is 0 Å². The third kappa shape index (κ3) is 2.56. The van der Waals surface area contributed by atoms with Gasteiger partial charge in [0.25, 0.3) is 0 Å². The molecule has 1 rings (SSSR count). The van der Waals surface area contributed by atoms with Crippen LogP contribution in [0, 0.1) is 0 Å². The highest BCUT2D eigenvalue weighted by Crippen LogP contribution is 2.25. The van der Waals surface area contributed by atoms with Gasteiger partial charge in [-0.2, -0.15) is 11.3 Å². The zero-order valence-electron chi connectivity index (χ0n) is 9.23. The molecule has 2 nitrogen and oxygen atoms in total. The second kappa shape index (κ2) is 5.49. The molecule has 2 N–H and O–H groups in total. The third-order valence-electron chi connectivity index (χ3n) is 2.74. The molecule has 0 aliphatic heterocycles. The maximum absolute atomic E-state index is 6.15. The molecule has 0 aliphatic carbocycles. The summed E-state index contributed by atoms with van der Waals surface area (Å²) >= 11 is 1.74. The number of rotatable bonds is 5. The van der Waals surface area contributed by atoms with Gasteiger partial charge in [0.15, 0.2) is 0 Å². The molecule has 1 heterocycles. The lowest BCUT2D eigenvalue weighted by Crippen LogP contribution is -2.38. The molecular formula is C11H20N2S. The lowest BCUT2D eigenvalue weighted by atomic mass is 9.99. The summed E-state index contributed by atoms with van der Waals surface area (Å²) in [5, 5.41) is 4.32. The van der Waals surface area contributed by atoms with E-state index in [1.54, 1.807) is 11.3 Å². The van der Waals surface area contributed by atoms with Crippen LogP contribution in [-0.4, -0.2) is 24.5 Å². The third-order valence-corrected chi connectivity index (χ3v) is 3.44. The Morgan fingerprint density at radius 1 is 1.50 bits per heavy atom. The summed E-state index contributed by atoms with van der Waals surface area (Å²) < 4.78 is 0. The van der Waals surface area contributed by atoms with Crippen molar-refractivity contribution in [1.29, 1.82) is 0 Å². The van der Waals surface area contributed by atoms with Gasteiger partial charge >= 0.3 is 0 Å². The van der Waals surface area contributed by atoms with Crippen LogP contribution in [0.1, 0.15) is 31.9 Å². The normalized spacial score (nSPS) is 15.8. The van der Waals surface area contributed by atoms with E-state index in [1.807, 2.05) is 0 Å². The van der Waals surface area contributed by atoms with Crippen molar-refractivity contribution < 1.29 is 0 Å². The van der Waals surface area contributed by atoms with Crippen molar-refractivity contribution in [2.24, 2.45) is 5.73 Å². The van der Waals surface area contributed by atoms with Gasteiger partial charge in [-0.3, -0.25) is 4.90 Å². The van der Waals surface area contributed by atoms with Crippen LogP contribution in [0.3, 0.4) is 0 Å². The van der Waals surface area contributed by atoms with Crippen LogP contribution in [0.5, 0.6) is 0 Å². The van der Waals surface area contributed by atoms with E-state index in [0.29, 0.717) is 6.04 Å². The summed E-state index contributed by atoms with van der Waals surface area (Å²) in [6.45, 7) is 5.35. The Labute approximate surface area is 90.7 Å². The highest BCUT2D eigenvalue weighted by atomic mass is 32.1. The first-order valence-corrected chi connectivity index (χ1v) is 6.12. The first-order valence-electron chi connectivity index (χ1n) is 5.18. The fourth-order valence-corrected chi connectivity index (χ4v) is 2.38. The largest absolute Gasteiger partial charge is 0.326 e. The fourth-order valence-electron chi connectivity index (χ4n) is 1.69. The fraction of sp³-hybridized carbons (Fsp3) is 0.636. The lowest BCUT2D eigenvalue weighted by Gasteiger charge is -2.31. The van der Waals surface area contributed by atoms with Crippen molar-refractivity contribution >= 4 is 11.3 Å². The molecule has 0 spiro atoms. The number of hydrogen-bond donors (Lipinski definition) is 1. The summed E-state index contributed by atoms with van der Waals surface area (Å²) in [4.78, 5) is 2.32. The number of nitrogens with zero attached hydrogens (tertiary/aromatic N) is 1. The SMILES string of the molecule is CCC(N)C(c1ccsc1)N(C)CC. The van der Waals surface area contributed by atoms with Crippen LogP contribution >= 0.6 is 11.3 Å². The molecule has 3 heteroatoms. The number of nitrogens with two attached hydrogens (primary N) is 1. The Morgan fingerprint density at radius 3 is 2.64 bits per heavy atom. The molecule has 0 bridgehead atoms. The average Bonchev–Trinajstić information content (AvgIpc) is 2.70. The van der Waals surface area contributed by atoms with Gasteiger partial charge in [0, 0.05) is 6.04 Å². The highest BCUT2D eigenvalue weighted by Gasteiger charge is 2.21. The lowest BCUT2D eigenvalue weighted by molar-refractivity contribution is 0.220. The van der Waals surface area contributed by atoms with E-state index in [1.165, 1.54) is 5.56 Å². The molecule has 2 atom stereocenters. The molecule has 1 aromatic rings. The maximum Gasteiger partial charge on any atom is 0.0504 e. The molecule has 80 valence electrons. The van der Waals surface area contributed by atoms with E-state index in [9.17, 15) is 0 Å². The van der Waals surface area contributed by atoms with Crippen molar-refractivity contribution in [2.45, 2.75) is 32.4 Å². The molecule has 1 aromatic heterocycles. The molecule has 0 aromatic carbocycles. The van der Waals surface area contributed by atoms with Crippen molar-refractivity contribution in [2.75, 3.05) is 13.6 Å². The van der Waals surface area contributed by atoms with Gasteiger partial charge in [-0.05, 0) is 42.4 Å². The average molecular weight is 212 g/mol. The molecule has 0 saturated carbocycles. The number of likely N-dealkylation sites (N-methyl/N-ethyl adjacent to an activating group) is 1. The molecule has 0 saturated heterocycles. The van der Waals surface area contributed by atoms with Gasteiger partial charge in [0.05, 0.1) is 6.04 Å². The van der Waals surface area contributed by atoms with Crippen molar-refractivity contribution in [3.8, 4) is 0 Å². The number of hydrogen-bond acceptors (Lipinski definition) is 3. The zero-order chi connectivity index (χ0) is 10.6.